The van der Waals surface area contributed by atoms with Gasteiger partial charge in [-0.05, 0) is 98.4 Å². The predicted octanol–water partition coefficient (Wildman–Crippen LogP) is 3.84. The van der Waals surface area contributed by atoms with E-state index >= 15 is 0 Å². The highest BCUT2D eigenvalue weighted by atomic mass is 16.3. The fourth-order valence-electron chi connectivity index (χ4n) is 7.45. The molecule has 0 aliphatic heterocycles. The molecule has 0 saturated heterocycles. The number of carbonyl (C=O) groups excluding carboxylic acids is 2. The lowest BCUT2D eigenvalue weighted by molar-refractivity contribution is -0.126. The van der Waals surface area contributed by atoms with Crippen LogP contribution in [-0.4, -0.2) is 40.7 Å². The summed E-state index contributed by atoms with van der Waals surface area (Å²) < 4.78 is 0. The van der Waals surface area contributed by atoms with Crippen LogP contribution in [0.25, 0.3) is 0 Å². The number of aromatic hydroxyl groups is 1. The van der Waals surface area contributed by atoms with E-state index in [1.807, 2.05) is 12.1 Å². The smallest absolute Gasteiger partial charge is 0.224 e. The van der Waals surface area contributed by atoms with E-state index < -0.39 is 6.10 Å². The average molecular weight is 506 g/mol. The Bertz CT molecular complexity index is 1100. The summed E-state index contributed by atoms with van der Waals surface area (Å²) in [5.74, 6) is 2.53. The van der Waals surface area contributed by atoms with Crippen LogP contribution in [0.2, 0.25) is 0 Å². The van der Waals surface area contributed by atoms with Crippen molar-refractivity contribution in [2.45, 2.75) is 76.0 Å². The number of hydrogen-bond acceptors (Lipinski definition) is 5. The van der Waals surface area contributed by atoms with Gasteiger partial charge in [0.1, 0.15) is 5.75 Å². The third-order valence-electron chi connectivity index (χ3n) is 8.62. The summed E-state index contributed by atoms with van der Waals surface area (Å²) in [5, 5.41) is 29.6. The Labute approximate surface area is 219 Å². The standard InChI is InChI=1S/C30H39N3O4/c1-19(31-17-28(36)25-5-6-27(35)26(13-25)32-18-34)7-20-3-2-4-21(8-20)12-29(37)33-30-14-22-9-23(15-30)11-24(10-22)16-30/h2-6,8,13,18-19,22-24,28,31,35-36H,7,9-12,14-17H2,1H3,(H,32,34)(H,33,37)/t19-,22?,23?,24?,28-,30?/m1/s1. The van der Waals surface area contributed by atoms with Gasteiger partial charge in [0.25, 0.3) is 0 Å². The number of benzene rings is 2. The van der Waals surface area contributed by atoms with Gasteiger partial charge in [0.2, 0.25) is 12.3 Å². The fraction of sp³-hybridized carbons (Fsp3) is 0.533. The fourth-order valence-corrected chi connectivity index (χ4v) is 7.45. The maximum absolute atomic E-state index is 13.0. The quantitative estimate of drug-likeness (QED) is 0.235. The summed E-state index contributed by atoms with van der Waals surface area (Å²) in [6.07, 6.45) is 8.49. The molecule has 6 rings (SSSR count). The van der Waals surface area contributed by atoms with Crippen molar-refractivity contribution >= 4 is 18.0 Å². The summed E-state index contributed by atoms with van der Waals surface area (Å²) in [4.78, 5) is 23.7. The lowest BCUT2D eigenvalue weighted by atomic mass is 9.53. The number of phenols is 1. The van der Waals surface area contributed by atoms with Crippen LogP contribution in [0.1, 0.15) is 68.2 Å². The van der Waals surface area contributed by atoms with Crippen molar-refractivity contribution in [1.29, 1.82) is 0 Å². The van der Waals surface area contributed by atoms with Gasteiger partial charge < -0.3 is 26.2 Å². The Balaban J connectivity index is 1.12. The number of nitrogens with one attached hydrogen (secondary N) is 3. The van der Waals surface area contributed by atoms with E-state index in [-0.39, 0.29) is 28.9 Å². The second-order valence-electron chi connectivity index (χ2n) is 11.8. The summed E-state index contributed by atoms with van der Waals surface area (Å²) in [6.45, 7) is 2.40. The number of anilines is 1. The monoisotopic (exact) mass is 505 g/mol. The molecule has 2 aromatic carbocycles. The van der Waals surface area contributed by atoms with Gasteiger partial charge in [-0.15, -0.1) is 0 Å². The van der Waals surface area contributed by atoms with Crippen molar-refractivity contribution in [2.75, 3.05) is 11.9 Å². The number of amides is 2. The molecule has 198 valence electrons. The topological polar surface area (TPSA) is 111 Å². The molecule has 4 aliphatic carbocycles. The molecule has 0 radical (unpaired) electrons. The molecule has 2 aromatic rings. The van der Waals surface area contributed by atoms with Crippen LogP contribution in [0.15, 0.2) is 42.5 Å². The number of aliphatic hydroxyl groups is 1. The Morgan fingerprint density at radius 2 is 1.73 bits per heavy atom. The zero-order valence-corrected chi connectivity index (χ0v) is 21.6. The first-order valence-electron chi connectivity index (χ1n) is 13.6. The van der Waals surface area contributed by atoms with Crippen LogP contribution in [-0.2, 0) is 22.4 Å². The molecule has 4 bridgehead atoms. The second-order valence-corrected chi connectivity index (χ2v) is 11.8. The first-order chi connectivity index (χ1) is 17.8. The van der Waals surface area contributed by atoms with Crippen LogP contribution in [0.3, 0.4) is 0 Å². The Morgan fingerprint density at radius 1 is 1.05 bits per heavy atom. The largest absolute Gasteiger partial charge is 0.506 e. The number of aliphatic hydroxyl groups excluding tert-OH is 1. The lowest BCUT2D eigenvalue weighted by Gasteiger charge is -2.56. The predicted molar refractivity (Wildman–Crippen MR) is 143 cm³/mol. The van der Waals surface area contributed by atoms with Gasteiger partial charge in [-0.1, -0.05) is 30.3 Å². The maximum Gasteiger partial charge on any atom is 0.224 e. The van der Waals surface area contributed by atoms with Gasteiger partial charge in [0.15, 0.2) is 0 Å². The lowest BCUT2D eigenvalue weighted by Crippen LogP contribution is -2.60. The molecule has 7 heteroatoms. The van der Waals surface area contributed by atoms with Crippen LogP contribution < -0.4 is 16.0 Å². The van der Waals surface area contributed by atoms with Gasteiger partial charge in [0, 0.05) is 18.1 Å². The highest BCUT2D eigenvalue weighted by Crippen LogP contribution is 2.55. The maximum atomic E-state index is 13.0. The Kier molecular flexibility index (Phi) is 7.54. The molecular weight excluding hydrogens is 466 g/mol. The normalized spacial score (nSPS) is 27.5. The SMILES string of the molecule is C[C@H](Cc1cccc(CC(=O)NC23CC4CC(CC(C4)C2)C3)c1)NC[C@@H](O)c1ccc(O)c(NC=O)c1. The minimum atomic E-state index is -0.783. The molecule has 5 N–H and O–H groups in total. The second kappa shape index (κ2) is 10.8. The third kappa shape index (κ3) is 6.16. The molecule has 2 atom stereocenters. The number of phenolic OH excluding ortho intramolecular Hbond substituents is 1. The third-order valence-corrected chi connectivity index (χ3v) is 8.62. The molecule has 2 amide bonds. The van der Waals surface area contributed by atoms with Crippen molar-refractivity contribution in [1.82, 2.24) is 10.6 Å². The van der Waals surface area contributed by atoms with Gasteiger partial charge in [-0.25, -0.2) is 0 Å². The summed E-state index contributed by atoms with van der Waals surface area (Å²) in [5.41, 5.74) is 3.10. The van der Waals surface area contributed by atoms with E-state index in [1.165, 1.54) is 44.6 Å². The Hall–Kier alpha value is -2.90. The zero-order valence-electron chi connectivity index (χ0n) is 21.6. The van der Waals surface area contributed by atoms with E-state index in [0.29, 0.717) is 24.9 Å². The Morgan fingerprint density at radius 3 is 2.41 bits per heavy atom. The molecule has 0 heterocycles. The van der Waals surface area contributed by atoms with E-state index in [1.54, 1.807) is 12.1 Å². The van der Waals surface area contributed by atoms with E-state index in [0.717, 1.165) is 35.3 Å². The van der Waals surface area contributed by atoms with E-state index in [9.17, 15) is 19.8 Å². The van der Waals surface area contributed by atoms with Crippen LogP contribution >= 0.6 is 0 Å². The first-order valence-corrected chi connectivity index (χ1v) is 13.6. The molecule has 0 spiro atoms. The van der Waals surface area contributed by atoms with Crippen LogP contribution in [0, 0.1) is 17.8 Å². The van der Waals surface area contributed by atoms with Crippen molar-refractivity contribution in [2.24, 2.45) is 17.8 Å². The molecule has 4 fully saturated rings. The van der Waals surface area contributed by atoms with Gasteiger partial charge in [0.05, 0.1) is 18.2 Å². The molecule has 4 aliphatic rings. The summed E-state index contributed by atoms with van der Waals surface area (Å²) >= 11 is 0. The molecule has 0 aromatic heterocycles. The molecular formula is C30H39N3O4. The minimum absolute atomic E-state index is 0.0455. The molecule has 4 saturated carbocycles. The summed E-state index contributed by atoms with van der Waals surface area (Å²) in [7, 11) is 0. The molecule has 37 heavy (non-hydrogen) atoms. The highest BCUT2D eigenvalue weighted by molar-refractivity contribution is 5.79. The number of rotatable bonds is 11. The zero-order chi connectivity index (χ0) is 26.0. The van der Waals surface area contributed by atoms with E-state index in [2.05, 4.69) is 35.0 Å². The average Bonchev–Trinajstić information content (AvgIpc) is 2.83. The van der Waals surface area contributed by atoms with Crippen LogP contribution in [0.5, 0.6) is 5.75 Å². The van der Waals surface area contributed by atoms with Gasteiger partial charge in [-0.2, -0.15) is 0 Å². The first kappa shape index (κ1) is 25.7. The van der Waals surface area contributed by atoms with Gasteiger partial charge >= 0.3 is 0 Å². The van der Waals surface area contributed by atoms with Crippen LogP contribution in [0.4, 0.5) is 5.69 Å². The van der Waals surface area contributed by atoms with Crippen molar-refractivity contribution in [3.05, 3.63) is 59.2 Å². The van der Waals surface area contributed by atoms with Gasteiger partial charge in [-0.3, -0.25) is 9.59 Å². The van der Waals surface area contributed by atoms with Crippen molar-refractivity contribution in [3.63, 3.8) is 0 Å². The minimum Gasteiger partial charge on any atom is -0.506 e. The summed E-state index contributed by atoms with van der Waals surface area (Å²) in [6, 6.07) is 13.0. The molecule has 0 unspecified atom stereocenters. The molecule has 7 nitrogen and oxygen atoms in total. The van der Waals surface area contributed by atoms with E-state index in [4.69, 9.17) is 0 Å². The number of carbonyl (C=O) groups is 2. The highest BCUT2D eigenvalue weighted by Gasteiger charge is 2.51. The van der Waals surface area contributed by atoms with Crippen molar-refractivity contribution < 1.29 is 19.8 Å². The number of hydrogen-bond donors (Lipinski definition) is 5. The van der Waals surface area contributed by atoms with Crippen molar-refractivity contribution in [3.8, 4) is 5.75 Å².